The van der Waals surface area contributed by atoms with E-state index in [2.05, 4.69) is 39.0 Å². The van der Waals surface area contributed by atoms with Crippen molar-refractivity contribution in [1.29, 1.82) is 0 Å². The summed E-state index contributed by atoms with van der Waals surface area (Å²) < 4.78 is 28.9. The monoisotopic (exact) mass is 505 g/mol. The van der Waals surface area contributed by atoms with Gasteiger partial charge in [-0.25, -0.2) is 0 Å². The standard InChI is InChI=1S/C28H43NO7/c1-19(2)26(31)35-21(4)10-12-24(30)29(7)22-15-32-25(33-16-22)13-9-20(3)8-11-23-14-28(18-34-28)17-27(5,6)36-23/h8-12,19,21-23,25H,13-18H2,1-7H3/b11-8+,12-10-,20-9+/t21-,22-,23+,25+,28+/m0/s1. The molecule has 3 atom stereocenters. The Morgan fingerprint density at radius 2 is 1.81 bits per heavy atom. The molecule has 0 radical (unpaired) electrons. The maximum Gasteiger partial charge on any atom is 0.308 e. The van der Waals surface area contributed by atoms with Gasteiger partial charge >= 0.3 is 5.97 Å². The van der Waals surface area contributed by atoms with Gasteiger partial charge in [0.1, 0.15) is 6.10 Å². The maximum absolute atomic E-state index is 12.5. The molecular formula is C28H43NO7. The minimum Gasteiger partial charge on any atom is -0.458 e. The Kier molecular flexibility index (Phi) is 9.55. The van der Waals surface area contributed by atoms with Crippen molar-refractivity contribution in [3.63, 3.8) is 0 Å². The van der Waals surface area contributed by atoms with E-state index >= 15 is 0 Å². The molecule has 36 heavy (non-hydrogen) atoms. The number of carbonyl (C=O) groups is 2. The summed E-state index contributed by atoms with van der Waals surface area (Å²) in [6.07, 6.45) is 11.0. The summed E-state index contributed by atoms with van der Waals surface area (Å²) in [5, 5.41) is 0. The molecular weight excluding hydrogens is 462 g/mol. The number of allylic oxidation sites excluding steroid dienone is 2. The first-order valence-corrected chi connectivity index (χ1v) is 12.9. The number of likely N-dealkylation sites (N-methyl/N-ethyl adjacent to an activating group) is 1. The van der Waals surface area contributed by atoms with Crippen LogP contribution in [0.2, 0.25) is 0 Å². The third-order valence-electron chi connectivity index (χ3n) is 6.68. The highest BCUT2D eigenvalue weighted by molar-refractivity contribution is 5.87. The summed E-state index contributed by atoms with van der Waals surface area (Å²) >= 11 is 0. The van der Waals surface area contributed by atoms with E-state index in [-0.39, 0.29) is 47.4 Å². The van der Waals surface area contributed by atoms with E-state index in [1.165, 1.54) is 6.08 Å². The van der Waals surface area contributed by atoms with Crippen LogP contribution in [-0.4, -0.2) is 79.4 Å². The van der Waals surface area contributed by atoms with Gasteiger partial charge in [0.15, 0.2) is 6.29 Å². The number of ether oxygens (including phenoxy) is 5. The predicted octanol–water partition coefficient (Wildman–Crippen LogP) is 3.95. The summed E-state index contributed by atoms with van der Waals surface area (Å²) in [6, 6.07) is -0.180. The van der Waals surface area contributed by atoms with Gasteiger partial charge < -0.3 is 28.6 Å². The predicted molar refractivity (Wildman–Crippen MR) is 136 cm³/mol. The SMILES string of the molecule is CC(/C=C/[C@@H]1C[C@]2(CO2)CC(C)(C)O1)=C\C[C@H]1OC[C@@H](N(C)C(=O)/C=C\[C@H](C)OC(=O)C(C)C)CO1. The van der Waals surface area contributed by atoms with Gasteiger partial charge in [-0.2, -0.15) is 0 Å². The summed E-state index contributed by atoms with van der Waals surface area (Å²) in [5.74, 6) is -0.688. The average Bonchev–Trinajstić information content (AvgIpc) is 3.55. The Morgan fingerprint density at radius 3 is 2.42 bits per heavy atom. The van der Waals surface area contributed by atoms with Gasteiger partial charge in [-0.15, -0.1) is 0 Å². The van der Waals surface area contributed by atoms with Gasteiger partial charge in [-0.3, -0.25) is 9.59 Å². The van der Waals surface area contributed by atoms with Crippen molar-refractivity contribution in [2.45, 2.75) is 96.5 Å². The molecule has 202 valence electrons. The van der Waals surface area contributed by atoms with Gasteiger partial charge in [0.25, 0.3) is 0 Å². The largest absolute Gasteiger partial charge is 0.458 e. The molecule has 0 N–H and O–H groups in total. The highest BCUT2D eigenvalue weighted by Crippen LogP contribution is 2.46. The topological polar surface area (TPSA) is 86.8 Å². The molecule has 3 heterocycles. The van der Waals surface area contributed by atoms with E-state index in [0.717, 1.165) is 25.0 Å². The molecule has 3 saturated heterocycles. The molecule has 0 aromatic heterocycles. The van der Waals surface area contributed by atoms with Crippen LogP contribution in [0.15, 0.2) is 36.0 Å². The number of hydrogen-bond acceptors (Lipinski definition) is 7. The molecule has 8 heteroatoms. The van der Waals surface area contributed by atoms with Gasteiger partial charge in [-0.05, 0) is 33.8 Å². The van der Waals surface area contributed by atoms with Crippen molar-refractivity contribution >= 4 is 11.9 Å². The number of hydrogen-bond donors (Lipinski definition) is 0. The zero-order chi connectivity index (χ0) is 26.5. The Hall–Kier alpha value is -2.00. The molecule has 0 bridgehead atoms. The number of esters is 1. The minimum atomic E-state index is -0.469. The lowest BCUT2D eigenvalue weighted by Gasteiger charge is -2.38. The van der Waals surface area contributed by atoms with Crippen molar-refractivity contribution < 1.29 is 33.3 Å². The fourth-order valence-electron chi connectivity index (χ4n) is 4.51. The molecule has 3 fully saturated rings. The van der Waals surface area contributed by atoms with Gasteiger partial charge in [-0.1, -0.05) is 37.6 Å². The first-order valence-electron chi connectivity index (χ1n) is 12.9. The quantitative estimate of drug-likeness (QED) is 0.203. The van der Waals surface area contributed by atoms with Crippen LogP contribution in [0.1, 0.15) is 60.8 Å². The summed E-state index contributed by atoms with van der Waals surface area (Å²) in [4.78, 5) is 25.8. The van der Waals surface area contributed by atoms with E-state index in [1.807, 2.05) is 0 Å². The molecule has 1 spiro atoms. The van der Waals surface area contributed by atoms with E-state index in [1.54, 1.807) is 38.8 Å². The minimum absolute atomic E-state index is 0.0118. The lowest BCUT2D eigenvalue weighted by atomic mass is 9.85. The molecule has 3 aliphatic rings. The summed E-state index contributed by atoms with van der Waals surface area (Å²) in [6.45, 7) is 13.2. The second-order valence-corrected chi connectivity index (χ2v) is 11.2. The Bertz CT molecular complexity index is 857. The fraction of sp³-hybridized carbons (Fsp3) is 0.714. The van der Waals surface area contributed by atoms with Crippen LogP contribution in [-0.2, 0) is 33.3 Å². The first kappa shape index (κ1) is 28.6. The van der Waals surface area contributed by atoms with E-state index in [4.69, 9.17) is 23.7 Å². The van der Waals surface area contributed by atoms with E-state index in [0.29, 0.717) is 19.6 Å². The fourth-order valence-corrected chi connectivity index (χ4v) is 4.51. The van der Waals surface area contributed by atoms with Crippen LogP contribution in [0.4, 0.5) is 0 Å². The van der Waals surface area contributed by atoms with Crippen molar-refractivity contribution in [1.82, 2.24) is 4.90 Å². The highest BCUT2D eigenvalue weighted by atomic mass is 16.7. The maximum atomic E-state index is 12.5. The number of rotatable bonds is 9. The van der Waals surface area contributed by atoms with Crippen LogP contribution in [0, 0.1) is 5.92 Å². The van der Waals surface area contributed by atoms with Crippen molar-refractivity contribution in [2.24, 2.45) is 5.92 Å². The van der Waals surface area contributed by atoms with Crippen LogP contribution >= 0.6 is 0 Å². The van der Waals surface area contributed by atoms with Crippen LogP contribution in [0.25, 0.3) is 0 Å². The Balaban J connectivity index is 1.39. The van der Waals surface area contributed by atoms with Crippen LogP contribution in [0.5, 0.6) is 0 Å². The number of nitrogens with zero attached hydrogens (tertiary/aromatic N) is 1. The first-order chi connectivity index (χ1) is 16.9. The van der Waals surface area contributed by atoms with Crippen LogP contribution in [0.3, 0.4) is 0 Å². The molecule has 3 rings (SSSR count). The van der Waals surface area contributed by atoms with E-state index < -0.39 is 6.10 Å². The molecule has 0 aliphatic carbocycles. The molecule has 0 aromatic rings. The average molecular weight is 506 g/mol. The highest BCUT2D eigenvalue weighted by Gasteiger charge is 2.53. The number of carbonyl (C=O) groups excluding carboxylic acids is 2. The molecule has 0 aromatic carbocycles. The summed E-state index contributed by atoms with van der Waals surface area (Å²) in [5.41, 5.74) is 0.953. The number of epoxide rings is 1. The van der Waals surface area contributed by atoms with Gasteiger partial charge in [0.2, 0.25) is 5.91 Å². The Morgan fingerprint density at radius 1 is 1.14 bits per heavy atom. The second-order valence-electron chi connectivity index (χ2n) is 11.2. The molecule has 3 aliphatic heterocycles. The zero-order valence-corrected chi connectivity index (χ0v) is 22.8. The second kappa shape index (κ2) is 12.0. The third-order valence-corrected chi connectivity index (χ3v) is 6.68. The smallest absolute Gasteiger partial charge is 0.308 e. The molecule has 0 unspecified atom stereocenters. The van der Waals surface area contributed by atoms with Crippen molar-refractivity contribution in [3.8, 4) is 0 Å². The summed E-state index contributed by atoms with van der Waals surface area (Å²) in [7, 11) is 1.72. The number of amides is 1. The van der Waals surface area contributed by atoms with Crippen molar-refractivity contribution in [3.05, 3.63) is 36.0 Å². The van der Waals surface area contributed by atoms with Crippen LogP contribution < -0.4 is 0 Å². The zero-order valence-electron chi connectivity index (χ0n) is 22.8. The molecule has 0 saturated carbocycles. The third kappa shape index (κ3) is 8.54. The Labute approximate surface area is 215 Å². The normalized spacial score (nSPS) is 31.2. The lowest BCUT2D eigenvalue weighted by Crippen LogP contribution is -2.47. The van der Waals surface area contributed by atoms with Gasteiger partial charge in [0, 0.05) is 32.4 Å². The van der Waals surface area contributed by atoms with Gasteiger partial charge in [0.05, 0.1) is 49.1 Å². The lowest BCUT2D eigenvalue weighted by molar-refractivity contribution is -0.201. The molecule has 1 amide bonds. The molecule has 8 nitrogen and oxygen atoms in total. The van der Waals surface area contributed by atoms with Crippen molar-refractivity contribution in [2.75, 3.05) is 26.9 Å². The van der Waals surface area contributed by atoms with E-state index in [9.17, 15) is 9.59 Å².